The summed E-state index contributed by atoms with van der Waals surface area (Å²) in [6, 6.07) is 10.0. The first-order valence-corrected chi connectivity index (χ1v) is 7.75. The minimum Gasteiger partial charge on any atom is -0.466 e. The van der Waals surface area contributed by atoms with Crippen LogP contribution in [-0.4, -0.2) is 43.1 Å². The van der Waals surface area contributed by atoms with E-state index in [1.807, 2.05) is 30.3 Å². The van der Waals surface area contributed by atoms with E-state index in [9.17, 15) is 9.59 Å². The number of esters is 2. The third kappa shape index (κ3) is 4.07. The zero-order valence-corrected chi connectivity index (χ0v) is 13.2. The number of carbonyl (C=O) groups excluding carboxylic acids is 2. The number of likely N-dealkylation sites (tertiary alicyclic amines) is 1. The molecule has 0 radical (unpaired) electrons. The molecule has 1 heterocycles. The summed E-state index contributed by atoms with van der Waals surface area (Å²) in [5.74, 6) is -1.50. The molecular formula is C17H23NO4. The lowest BCUT2D eigenvalue weighted by atomic mass is 9.96. The molecule has 2 atom stereocenters. The molecule has 1 aliphatic rings. The van der Waals surface area contributed by atoms with Gasteiger partial charge in [0.15, 0.2) is 0 Å². The molecule has 0 spiro atoms. The summed E-state index contributed by atoms with van der Waals surface area (Å²) in [5, 5.41) is 0. The molecule has 1 fully saturated rings. The summed E-state index contributed by atoms with van der Waals surface area (Å²) in [6.45, 7) is 5.95. The molecule has 1 aromatic carbocycles. The van der Waals surface area contributed by atoms with E-state index in [0.717, 1.165) is 5.56 Å². The van der Waals surface area contributed by atoms with Crippen molar-refractivity contribution in [1.29, 1.82) is 0 Å². The Morgan fingerprint density at radius 2 is 1.50 bits per heavy atom. The molecule has 1 aliphatic heterocycles. The molecule has 2 rings (SSSR count). The lowest BCUT2D eigenvalue weighted by Gasteiger charge is -2.15. The van der Waals surface area contributed by atoms with Crippen molar-refractivity contribution < 1.29 is 19.1 Å². The van der Waals surface area contributed by atoms with Gasteiger partial charge >= 0.3 is 11.9 Å². The number of nitrogens with zero attached hydrogens (tertiary/aromatic N) is 1. The van der Waals surface area contributed by atoms with Gasteiger partial charge in [-0.25, -0.2) is 0 Å². The predicted octanol–water partition coefficient (Wildman–Crippen LogP) is 1.86. The second-order valence-electron chi connectivity index (χ2n) is 5.40. The van der Waals surface area contributed by atoms with E-state index in [2.05, 4.69) is 4.90 Å². The number of benzene rings is 1. The summed E-state index contributed by atoms with van der Waals surface area (Å²) in [6.07, 6.45) is 0. The van der Waals surface area contributed by atoms with Gasteiger partial charge in [0.05, 0.1) is 25.0 Å². The van der Waals surface area contributed by atoms with Crippen LogP contribution >= 0.6 is 0 Å². The van der Waals surface area contributed by atoms with Crippen LogP contribution in [0.5, 0.6) is 0 Å². The molecule has 0 unspecified atom stereocenters. The summed E-state index contributed by atoms with van der Waals surface area (Å²) in [4.78, 5) is 26.3. The van der Waals surface area contributed by atoms with Crippen LogP contribution in [0.25, 0.3) is 0 Å². The van der Waals surface area contributed by atoms with Crippen molar-refractivity contribution in [3.05, 3.63) is 35.9 Å². The molecule has 22 heavy (non-hydrogen) atoms. The molecule has 1 saturated heterocycles. The Balaban J connectivity index is 2.06. The number of hydrogen-bond donors (Lipinski definition) is 0. The number of ether oxygens (including phenoxy) is 2. The third-order valence-electron chi connectivity index (χ3n) is 3.82. The second kappa shape index (κ2) is 7.94. The minimum atomic E-state index is -0.442. The Bertz CT molecular complexity index is 477. The van der Waals surface area contributed by atoms with E-state index in [1.165, 1.54) is 0 Å². The van der Waals surface area contributed by atoms with Crippen molar-refractivity contribution in [2.75, 3.05) is 26.3 Å². The van der Waals surface area contributed by atoms with Crippen molar-refractivity contribution in [2.45, 2.75) is 20.4 Å². The van der Waals surface area contributed by atoms with Crippen molar-refractivity contribution >= 4 is 11.9 Å². The van der Waals surface area contributed by atoms with Crippen LogP contribution in [0.1, 0.15) is 19.4 Å². The quantitative estimate of drug-likeness (QED) is 0.751. The van der Waals surface area contributed by atoms with Crippen molar-refractivity contribution in [2.24, 2.45) is 11.8 Å². The monoisotopic (exact) mass is 305 g/mol. The molecule has 0 N–H and O–H groups in total. The van der Waals surface area contributed by atoms with E-state index in [1.54, 1.807) is 13.8 Å². The first kappa shape index (κ1) is 16.5. The average Bonchev–Trinajstić information content (AvgIpc) is 2.93. The second-order valence-corrected chi connectivity index (χ2v) is 5.40. The van der Waals surface area contributed by atoms with Gasteiger partial charge in [-0.3, -0.25) is 14.5 Å². The lowest BCUT2D eigenvalue weighted by molar-refractivity contribution is -0.157. The molecule has 0 amide bonds. The predicted molar refractivity (Wildman–Crippen MR) is 82.0 cm³/mol. The molecule has 0 aliphatic carbocycles. The van der Waals surface area contributed by atoms with Crippen LogP contribution < -0.4 is 0 Å². The topological polar surface area (TPSA) is 55.8 Å². The highest BCUT2D eigenvalue weighted by molar-refractivity contribution is 5.83. The Morgan fingerprint density at radius 1 is 1.00 bits per heavy atom. The average molecular weight is 305 g/mol. The fraction of sp³-hybridized carbons (Fsp3) is 0.529. The number of rotatable bonds is 6. The summed E-state index contributed by atoms with van der Waals surface area (Å²) in [7, 11) is 0. The van der Waals surface area contributed by atoms with Crippen molar-refractivity contribution in [1.82, 2.24) is 4.90 Å². The molecule has 5 nitrogen and oxygen atoms in total. The van der Waals surface area contributed by atoms with Gasteiger partial charge in [0.2, 0.25) is 0 Å². The summed E-state index contributed by atoms with van der Waals surface area (Å²) < 4.78 is 10.2. The highest BCUT2D eigenvalue weighted by Crippen LogP contribution is 2.27. The van der Waals surface area contributed by atoms with E-state index >= 15 is 0 Å². The first-order chi connectivity index (χ1) is 10.7. The molecule has 120 valence electrons. The zero-order valence-electron chi connectivity index (χ0n) is 13.2. The number of carbonyl (C=O) groups is 2. The van der Waals surface area contributed by atoms with Gasteiger partial charge in [0.1, 0.15) is 0 Å². The Morgan fingerprint density at radius 3 is 1.95 bits per heavy atom. The smallest absolute Gasteiger partial charge is 0.311 e. The largest absolute Gasteiger partial charge is 0.466 e. The maximum absolute atomic E-state index is 12.1. The lowest BCUT2D eigenvalue weighted by Crippen LogP contribution is -2.31. The highest BCUT2D eigenvalue weighted by Gasteiger charge is 2.43. The van der Waals surface area contributed by atoms with E-state index in [4.69, 9.17) is 9.47 Å². The van der Waals surface area contributed by atoms with Gasteiger partial charge in [0, 0.05) is 19.6 Å². The maximum Gasteiger partial charge on any atom is 0.311 e. The minimum absolute atomic E-state index is 0.309. The Kier molecular flexibility index (Phi) is 5.95. The SMILES string of the molecule is CCOC(=O)[C@H]1CN(Cc2ccccc2)C[C@H]1C(=O)OCC. The maximum atomic E-state index is 12.1. The molecule has 1 aromatic rings. The van der Waals surface area contributed by atoms with Crippen LogP contribution in [0.2, 0.25) is 0 Å². The molecule has 0 aromatic heterocycles. The fourth-order valence-electron chi connectivity index (χ4n) is 2.83. The van der Waals surface area contributed by atoms with Gasteiger partial charge in [0.25, 0.3) is 0 Å². The van der Waals surface area contributed by atoms with Crippen LogP contribution in [-0.2, 0) is 25.6 Å². The van der Waals surface area contributed by atoms with E-state index in [0.29, 0.717) is 32.8 Å². The molecule has 0 saturated carbocycles. The normalized spacial score (nSPS) is 21.5. The van der Waals surface area contributed by atoms with Crippen LogP contribution in [0.3, 0.4) is 0 Å². The fourth-order valence-corrected chi connectivity index (χ4v) is 2.83. The molecular weight excluding hydrogens is 282 g/mol. The Labute approximate surface area is 131 Å². The van der Waals surface area contributed by atoms with Crippen LogP contribution in [0.15, 0.2) is 30.3 Å². The van der Waals surface area contributed by atoms with Crippen LogP contribution in [0.4, 0.5) is 0 Å². The van der Waals surface area contributed by atoms with Gasteiger partial charge in [-0.05, 0) is 19.4 Å². The number of hydrogen-bond acceptors (Lipinski definition) is 5. The molecule has 5 heteroatoms. The van der Waals surface area contributed by atoms with Gasteiger partial charge in [-0.1, -0.05) is 30.3 Å². The van der Waals surface area contributed by atoms with Gasteiger partial charge < -0.3 is 9.47 Å². The van der Waals surface area contributed by atoms with Gasteiger partial charge in [-0.15, -0.1) is 0 Å². The standard InChI is InChI=1S/C17H23NO4/c1-3-21-16(19)14-11-18(10-13-8-6-5-7-9-13)12-15(14)17(20)22-4-2/h5-9,14-15H,3-4,10-12H2,1-2H3/t14-,15+. The van der Waals surface area contributed by atoms with E-state index < -0.39 is 11.8 Å². The summed E-state index contributed by atoms with van der Waals surface area (Å²) in [5.41, 5.74) is 1.16. The van der Waals surface area contributed by atoms with Crippen molar-refractivity contribution in [3.63, 3.8) is 0 Å². The molecule has 0 bridgehead atoms. The van der Waals surface area contributed by atoms with Crippen LogP contribution in [0, 0.1) is 11.8 Å². The van der Waals surface area contributed by atoms with Crippen molar-refractivity contribution in [3.8, 4) is 0 Å². The van der Waals surface area contributed by atoms with Gasteiger partial charge in [-0.2, -0.15) is 0 Å². The zero-order chi connectivity index (χ0) is 15.9. The highest BCUT2D eigenvalue weighted by atomic mass is 16.5. The first-order valence-electron chi connectivity index (χ1n) is 7.75. The van der Waals surface area contributed by atoms with E-state index in [-0.39, 0.29) is 11.9 Å². The third-order valence-corrected chi connectivity index (χ3v) is 3.82. The summed E-state index contributed by atoms with van der Waals surface area (Å²) >= 11 is 0. The Hall–Kier alpha value is -1.88.